The minimum atomic E-state index is -0.346. The van der Waals surface area contributed by atoms with Gasteiger partial charge in [0.15, 0.2) is 0 Å². The molecule has 0 aromatic carbocycles. The van der Waals surface area contributed by atoms with Crippen molar-refractivity contribution in [2.45, 2.75) is 51.5 Å². The molecule has 1 atom stereocenters. The van der Waals surface area contributed by atoms with E-state index in [1.54, 1.807) is 7.05 Å². The molecule has 1 saturated carbocycles. The summed E-state index contributed by atoms with van der Waals surface area (Å²) in [6.45, 7) is 2.28. The molecule has 1 unspecified atom stereocenters. The van der Waals surface area contributed by atoms with Crippen molar-refractivity contribution in [1.82, 2.24) is 10.6 Å². The Kier molecular flexibility index (Phi) is 6.19. The first-order chi connectivity index (χ1) is 8.13. The summed E-state index contributed by atoms with van der Waals surface area (Å²) in [4.78, 5) is 22.8. The molecule has 0 aliphatic heterocycles. The fourth-order valence-electron chi connectivity index (χ4n) is 2.36. The topological polar surface area (TPSA) is 58.2 Å². The molecule has 0 heterocycles. The average Bonchev–Trinajstić information content (AvgIpc) is 2.34. The summed E-state index contributed by atoms with van der Waals surface area (Å²) in [7, 11) is 1.71. The molecular formula is C13H24N2O2. The van der Waals surface area contributed by atoms with Gasteiger partial charge in [-0.1, -0.05) is 19.3 Å². The number of hydrogen-bond acceptors (Lipinski definition) is 3. The van der Waals surface area contributed by atoms with Gasteiger partial charge in [-0.05, 0) is 32.7 Å². The maximum atomic E-state index is 11.7. The second-order valence-electron chi connectivity index (χ2n) is 4.96. The average molecular weight is 240 g/mol. The summed E-state index contributed by atoms with van der Waals surface area (Å²) in [6, 6.07) is -0.346. The van der Waals surface area contributed by atoms with Gasteiger partial charge in [0, 0.05) is 13.0 Å². The molecule has 0 bridgehead atoms. The maximum absolute atomic E-state index is 11.7. The molecule has 0 radical (unpaired) electrons. The van der Waals surface area contributed by atoms with Crippen LogP contribution < -0.4 is 10.6 Å². The molecule has 0 spiro atoms. The molecule has 0 aromatic rings. The first kappa shape index (κ1) is 14.2. The Bertz CT molecular complexity index is 260. The fraction of sp³-hybridized carbons (Fsp3) is 0.846. The van der Waals surface area contributed by atoms with Crippen molar-refractivity contribution >= 4 is 11.7 Å². The molecule has 0 saturated heterocycles. The van der Waals surface area contributed by atoms with Crippen molar-refractivity contribution in [3.63, 3.8) is 0 Å². The third-order valence-electron chi connectivity index (χ3n) is 3.54. The summed E-state index contributed by atoms with van der Waals surface area (Å²) in [5, 5.41) is 5.80. The minimum Gasteiger partial charge on any atom is -0.356 e. The first-order valence-corrected chi connectivity index (χ1v) is 6.58. The standard InChI is InChI=1S/C13H24N2O2/c1-10(16)12(14-2)8-13(17)15-9-11-6-4-3-5-7-11/h11-12,14H,3-9H2,1-2H3,(H,15,17). The summed E-state index contributed by atoms with van der Waals surface area (Å²) in [6.07, 6.45) is 6.60. The van der Waals surface area contributed by atoms with Crippen molar-refractivity contribution in [2.75, 3.05) is 13.6 Å². The number of nitrogens with one attached hydrogen (secondary N) is 2. The van der Waals surface area contributed by atoms with E-state index < -0.39 is 0 Å². The smallest absolute Gasteiger partial charge is 0.222 e. The van der Waals surface area contributed by atoms with Crippen molar-refractivity contribution < 1.29 is 9.59 Å². The predicted octanol–water partition coefficient (Wildman–Crippen LogP) is 1.25. The van der Waals surface area contributed by atoms with Crippen LogP contribution in [0.3, 0.4) is 0 Å². The van der Waals surface area contributed by atoms with E-state index in [0.717, 1.165) is 6.54 Å². The number of carbonyl (C=O) groups is 2. The highest BCUT2D eigenvalue weighted by Crippen LogP contribution is 2.22. The highest BCUT2D eigenvalue weighted by atomic mass is 16.2. The Balaban J connectivity index is 2.21. The van der Waals surface area contributed by atoms with Gasteiger partial charge in [-0.3, -0.25) is 9.59 Å². The van der Waals surface area contributed by atoms with Gasteiger partial charge in [-0.2, -0.15) is 0 Å². The maximum Gasteiger partial charge on any atom is 0.222 e. The van der Waals surface area contributed by atoms with Crippen LogP contribution in [0.5, 0.6) is 0 Å². The number of hydrogen-bond donors (Lipinski definition) is 2. The third kappa shape index (κ3) is 5.31. The lowest BCUT2D eigenvalue weighted by Gasteiger charge is -2.22. The molecule has 0 aromatic heterocycles. The van der Waals surface area contributed by atoms with Crippen molar-refractivity contribution in [3.8, 4) is 0 Å². The van der Waals surface area contributed by atoms with Crippen LogP contribution in [-0.4, -0.2) is 31.3 Å². The molecule has 2 N–H and O–H groups in total. The highest BCUT2D eigenvalue weighted by Gasteiger charge is 2.18. The Hall–Kier alpha value is -0.900. The monoisotopic (exact) mass is 240 g/mol. The van der Waals surface area contributed by atoms with Crippen LogP contribution >= 0.6 is 0 Å². The SMILES string of the molecule is CNC(CC(=O)NCC1CCCCC1)C(C)=O. The van der Waals surface area contributed by atoms with Crippen LogP contribution in [-0.2, 0) is 9.59 Å². The molecule has 1 fully saturated rings. The largest absolute Gasteiger partial charge is 0.356 e. The van der Waals surface area contributed by atoms with E-state index >= 15 is 0 Å². The molecule has 1 aliphatic carbocycles. The number of ketones is 1. The molecule has 4 nitrogen and oxygen atoms in total. The van der Waals surface area contributed by atoms with E-state index in [4.69, 9.17) is 0 Å². The van der Waals surface area contributed by atoms with Crippen molar-refractivity contribution in [2.24, 2.45) is 5.92 Å². The third-order valence-corrected chi connectivity index (χ3v) is 3.54. The molecule has 17 heavy (non-hydrogen) atoms. The Morgan fingerprint density at radius 1 is 1.24 bits per heavy atom. The van der Waals surface area contributed by atoms with Gasteiger partial charge >= 0.3 is 0 Å². The summed E-state index contributed by atoms with van der Waals surface area (Å²) in [5.74, 6) is 0.628. The van der Waals surface area contributed by atoms with E-state index in [2.05, 4.69) is 10.6 Å². The van der Waals surface area contributed by atoms with Crippen LogP contribution in [0.15, 0.2) is 0 Å². The lowest BCUT2D eigenvalue weighted by atomic mass is 9.89. The molecule has 1 amide bonds. The van der Waals surface area contributed by atoms with E-state index in [9.17, 15) is 9.59 Å². The number of Topliss-reactive ketones (excluding diaryl/α,β-unsaturated/α-hetero) is 1. The normalized spacial score (nSPS) is 18.7. The fourth-order valence-corrected chi connectivity index (χ4v) is 2.36. The van der Waals surface area contributed by atoms with E-state index in [1.165, 1.54) is 39.0 Å². The second kappa shape index (κ2) is 7.43. The molecule has 1 rings (SSSR count). The first-order valence-electron chi connectivity index (χ1n) is 6.58. The Morgan fingerprint density at radius 3 is 2.41 bits per heavy atom. The van der Waals surface area contributed by atoms with Gasteiger partial charge in [0.25, 0.3) is 0 Å². The van der Waals surface area contributed by atoms with Gasteiger partial charge in [-0.15, -0.1) is 0 Å². The van der Waals surface area contributed by atoms with Crippen molar-refractivity contribution in [1.29, 1.82) is 0 Å². The zero-order chi connectivity index (χ0) is 12.7. The number of rotatable bonds is 6. The number of likely N-dealkylation sites (N-methyl/N-ethyl adjacent to an activating group) is 1. The van der Waals surface area contributed by atoms with E-state index in [-0.39, 0.29) is 24.2 Å². The Labute approximate surface area is 104 Å². The van der Waals surface area contributed by atoms with Gasteiger partial charge in [-0.25, -0.2) is 0 Å². The van der Waals surface area contributed by atoms with Gasteiger partial charge in [0.05, 0.1) is 6.04 Å². The summed E-state index contributed by atoms with van der Waals surface area (Å²) >= 11 is 0. The summed E-state index contributed by atoms with van der Waals surface area (Å²) in [5.41, 5.74) is 0. The minimum absolute atomic E-state index is 0.0142. The van der Waals surface area contributed by atoms with Gasteiger partial charge < -0.3 is 10.6 Å². The van der Waals surface area contributed by atoms with Gasteiger partial charge in [0.2, 0.25) is 5.91 Å². The molecular weight excluding hydrogens is 216 g/mol. The predicted molar refractivity (Wildman–Crippen MR) is 67.7 cm³/mol. The van der Waals surface area contributed by atoms with Crippen LogP contribution in [0, 0.1) is 5.92 Å². The molecule has 1 aliphatic rings. The summed E-state index contributed by atoms with van der Waals surface area (Å²) < 4.78 is 0. The van der Waals surface area contributed by atoms with Crippen LogP contribution in [0.2, 0.25) is 0 Å². The Morgan fingerprint density at radius 2 is 1.88 bits per heavy atom. The lowest BCUT2D eigenvalue weighted by molar-refractivity contribution is -0.126. The molecule has 4 heteroatoms. The zero-order valence-electron chi connectivity index (χ0n) is 10.9. The quantitative estimate of drug-likeness (QED) is 0.734. The van der Waals surface area contributed by atoms with Crippen LogP contribution in [0.1, 0.15) is 45.4 Å². The van der Waals surface area contributed by atoms with E-state index in [0.29, 0.717) is 5.92 Å². The van der Waals surface area contributed by atoms with E-state index in [1.807, 2.05) is 0 Å². The van der Waals surface area contributed by atoms with Gasteiger partial charge in [0.1, 0.15) is 5.78 Å². The van der Waals surface area contributed by atoms with Crippen LogP contribution in [0.4, 0.5) is 0 Å². The lowest BCUT2D eigenvalue weighted by Crippen LogP contribution is -2.39. The number of carbonyl (C=O) groups excluding carboxylic acids is 2. The number of amides is 1. The van der Waals surface area contributed by atoms with Crippen molar-refractivity contribution in [3.05, 3.63) is 0 Å². The zero-order valence-corrected chi connectivity index (χ0v) is 10.9. The second-order valence-corrected chi connectivity index (χ2v) is 4.96. The molecule has 98 valence electrons. The van der Waals surface area contributed by atoms with Crippen LogP contribution in [0.25, 0.3) is 0 Å². The highest BCUT2D eigenvalue weighted by molar-refractivity contribution is 5.88.